The van der Waals surface area contributed by atoms with Crippen LogP contribution in [0.15, 0.2) is 18.2 Å². The number of nitrogens with zero attached hydrogens (tertiary/aromatic N) is 2. The van der Waals surface area contributed by atoms with Gasteiger partial charge in [0.15, 0.2) is 5.82 Å². The average molecular weight is 217 g/mol. The number of hydrogen-bond donors (Lipinski definition) is 2. The first-order valence-electron chi connectivity index (χ1n) is 5.18. The summed E-state index contributed by atoms with van der Waals surface area (Å²) in [6, 6.07) is 5.31. The molecule has 0 atom stereocenters. The fourth-order valence-electron chi connectivity index (χ4n) is 1.89. The van der Waals surface area contributed by atoms with Gasteiger partial charge in [0.2, 0.25) is 0 Å². The van der Waals surface area contributed by atoms with Crippen LogP contribution in [0.3, 0.4) is 0 Å². The fourth-order valence-corrected chi connectivity index (χ4v) is 1.89. The minimum Gasteiger partial charge on any atom is -0.478 e. The largest absolute Gasteiger partial charge is 0.478 e. The molecule has 1 fully saturated rings. The lowest BCUT2D eigenvalue weighted by molar-refractivity contribution is 0.0697. The van der Waals surface area contributed by atoms with Crippen LogP contribution in [-0.4, -0.2) is 20.9 Å². The zero-order valence-corrected chi connectivity index (χ0v) is 8.55. The molecule has 0 amide bonds. The van der Waals surface area contributed by atoms with Crippen molar-refractivity contribution >= 4 is 22.7 Å². The minimum atomic E-state index is -0.927. The van der Waals surface area contributed by atoms with Crippen molar-refractivity contribution in [3.8, 4) is 0 Å². The summed E-state index contributed by atoms with van der Waals surface area (Å²) in [6.07, 6.45) is 2.18. The molecular weight excluding hydrogens is 206 g/mol. The van der Waals surface area contributed by atoms with Crippen LogP contribution < -0.4 is 5.73 Å². The number of aromatic nitrogens is 2. The first kappa shape index (κ1) is 9.21. The maximum absolute atomic E-state index is 10.9. The average Bonchev–Trinajstić information content (AvgIpc) is 3.04. The second-order valence-electron chi connectivity index (χ2n) is 4.10. The van der Waals surface area contributed by atoms with Crippen LogP contribution in [0.25, 0.3) is 10.9 Å². The van der Waals surface area contributed by atoms with Gasteiger partial charge in [0.05, 0.1) is 17.1 Å². The molecular formula is C11H11N3O2. The van der Waals surface area contributed by atoms with E-state index >= 15 is 0 Å². The Balaban J connectivity index is 2.26. The molecule has 0 spiro atoms. The molecule has 82 valence electrons. The van der Waals surface area contributed by atoms with Crippen molar-refractivity contribution < 1.29 is 9.90 Å². The first-order chi connectivity index (χ1) is 7.66. The Hall–Kier alpha value is -2.04. The van der Waals surface area contributed by atoms with Crippen LogP contribution in [0.5, 0.6) is 0 Å². The van der Waals surface area contributed by atoms with E-state index < -0.39 is 5.97 Å². The summed E-state index contributed by atoms with van der Waals surface area (Å²) in [4.78, 5) is 10.9. The van der Waals surface area contributed by atoms with E-state index in [2.05, 4.69) is 5.10 Å². The van der Waals surface area contributed by atoms with Crippen molar-refractivity contribution in [2.24, 2.45) is 0 Å². The number of benzene rings is 1. The summed E-state index contributed by atoms with van der Waals surface area (Å²) in [7, 11) is 0. The molecule has 1 aliphatic carbocycles. The van der Waals surface area contributed by atoms with Crippen LogP contribution in [0.4, 0.5) is 5.82 Å². The molecule has 1 aromatic carbocycles. The summed E-state index contributed by atoms with van der Waals surface area (Å²) in [5, 5.41) is 14.0. The number of nitrogens with two attached hydrogens (primary N) is 1. The monoisotopic (exact) mass is 217 g/mol. The third-order valence-corrected chi connectivity index (χ3v) is 2.88. The summed E-state index contributed by atoms with van der Waals surface area (Å²) in [6.45, 7) is 0. The Labute approximate surface area is 91.5 Å². The van der Waals surface area contributed by atoms with Gasteiger partial charge in [-0.1, -0.05) is 0 Å². The van der Waals surface area contributed by atoms with Crippen molar-refractivity contribution in [2.45, 2.75) is 18.9 Å². The maximum Gasteiger partial charge on any atom is 0.335 e. The van der Waals surface area contributed by atoms with Crippen molar-refractivity contribution in [3.63, 3.8) is 0 Å². The predicted octanol–water partition coefficient (Wildman–Crippen LogP) is 1.65. The highest BCUT2D eigenvalue weighted by atomic mass is 16.4. The van der Waals surface area contributed by atoms with E-state index in [1.807, 2.05) is 4.68 Å². The van der Waals surface area contributed by atoms with Crippen LogP contribution in [-0.2, 0) is 0 Å². The zero-order chi connectivity index (χ0) is 11.3. The first-order valence-corrected chi connectivity index (χ1v) is 5.18. The highest BCUT2D eigenvalue weighted by Crippen LogP contribution is 2.38. The number of nitrogen functional groups attached to an aromatic ring is 1. The van der Waals surface area contributed by atoms with E-state index in [4.69, 9.17) is 10.8 Å². The Morgan fingerprint density at radius 1 is 1.50 bits per heavy atom. The van der Waals surface area contributed by atoms with Crippen LogP contribution >= 0.6 is 0 Å². The van der Waals surface area contributed by atoms with Crippen molar-refractivity contribution in [3.05, 3.63) is 23.8 Å². The molecule has 0 aliphatic heterocycles. The van der Waals surface area contributed by atoms with Gasteiger partial charge in [0, 0.05) is 5.39 Å². The number of aromatic carboxylic acids is 1. The highest BCUT2D eigenvalue weighted by molar-refractivity contribution is 5.96. The minimum absolute atomic E-state index is 0.273. The lowest BCUT2D eigenvalue weighted by Gasteiger charge is -2.00. The number of hydrogen-bond acceptors (Lipinski definition) is 3. The highest BCUT2D eigenvalue weighted by Gasteiger charge is 2.27. The van der Waals surface area contributed by atoms with Gasteiger partial charge in [-0.25, -0.2) is 4.79 Å². The molecule has 3 N–H and O–H groups in total. The lowest BCUT2D eigenvalue weighted by atomic mass is 10.1. The Bertz CT molecular complexity index is 584. The van der Waals surface area contributed by atoms with Gasteiger partial charge in [0.1, 0.15) is 0 Å². The van der Waals surface area contributed by atoms with Crippen LogP contribution in [0.2, 0.25) is 0 Å². The number of fused-ring (bicyclic) bond motifs is 1. The number of carboxylic acids is 1. The topological polar surface area (TPSA) is 81.1 Å². The molecule has 1 saturated carbocycles. The van der Waals surface area contributed by atoms with Gasteiger partial charge in [-0.2, -0.15) is 5.10 Å². The van der Waals surface area contributed by atoms with E-state index in [-0.39, 0.29) is 5.56 Å². The second kappa shape index (κ2) is 2.98. The van der Waals surface area contributed by atoms with Gasteiger partial charge in [-0.3, -0.25) is 4.68 Å². The van der Waals surface area contributed by atoms with Gasteiger partial charge >= 0.3 is 5.97 Å². The lowest BCUT2D eigenvalue weighted by Crippen LogP contribution is -1.99. The molecule has 3 rings (SSSR count). The van der Waals surface area contributed by atoms with E-state index in [1.165, 1.54) is 0 Å². The van der Waals surface area contributed by atoms with E-state index in [1.54, 1.807) is 18.2 Å². The third-order valence-electron chi connectivity index (χ3n) is 2.88. The molecule has 0 saturated heterocycles. The van der Waals surface area contributed by atoms with Crippen molar-refractivity contribution in [2.75, 3.05) is 5.73 Å². The van der Waals surface area contributed by atoms with Gasteiger partial charge in [-0.15, -0.1) is 0 Å². The number of rotatable bonds is 2. The zero-order valence-electron chi connectivity index (χ0n) is 8.55. The van der Waals surface area contributed by atoms with Gasteiger partial charge in [0.25, 0.3) is 0 Å². The predicted molar refractivity (Wildman–Crippen MR) is 59.4 cm³/mol. The second-order valence-corrected chi connectivity index (χ2v) is 4.10. The normalized spacial score (nSPS) is 15.5. The van der Waals surface area contributed by atoms with E-state index in [9.17, 15) is 4.79 Å². The number of carbonyl (C=O) groups is 1. The Kier molecular flexibility index (Phi) is 1.71. The molecule has 1 heterocycles. The molecule has 5 heteroatoms. The van der Waals surface area contributed by atoms with Gasteiger partial charge in [-0.05, 0) is 31.0 Å². The SMILES string of the molecule is Nc1nn(C2CC2)c2cc(C(=O)O)ccc12. The number of anilines is 1. The molecule has 1 aliphatic rings. The van der Waals surface area contributed by atoms with Crippen molar-refractivity contribution in [1.29, 1.82) is 0 Å². The molecule has 0 radical (unpaired) electrons. The van der Waals surface area contributed by atoms with Crippen LogP contribution in [0, 0.1) is 0 Å². The maximum atomic E-state index is 10.9. The quantitative estimate of drug-likeness (QED) is 0.801. The van der Waals surface area contributed by atoms with Gasteiger partial charge < -0.3 is 10.8 Å². The molecule has 2 aromatic rings. The Morgan fingerprint density at radius 2 is 2.25 bits per heavy atom. The van der Waals surface area contributed by atoms with Crippen LogP contribution in [0.1, 0.15) is 29.2 Å². The van der Waals surface area contributed by atoms with E-state index in [0.29, 0.717) is 11.9 Å². The summed E-state index contributed by atoms with van der Waals surface area (Å²) in [5.41, 5.74) is 6.88. The molecule has 16 heavy (non-hydrogen) atoms. The van der Waals surface area contributed by atoms with Crippen molar-refractivity contribution in [1.82, 2.24) is 9.78 Å². The van der Waals surface area contributed by atoms with E-state index in [0.717, 1.165) is 23.7 Å². The molecule has 5 nitrogen and oxygen atoms in total. The summed E-state index contributed by atoms with van der Waals surface area (Å²) < 4.78 is 1.84. The number of carboxylic acid groups (broad SMARTS) is 1. The molecule has 0 bridgehead atoms. The fraction of sp³-hybridized carbons (Fsp3) is 0.273. The smallest absolute Gasteiger partial charge is 0.335 e. The Morgan fingerprint density at radius 3 is 2.88 bits per heavy atom. The summed E-state index contributed by atoms with van der Waals surface area (Å²) >= 11 is 0. The standard InChI is InChI=1S/C11H11N3O2/c12-10-8-4-1-6(11(15)16)5-9(8)14(13-10)7-2-3-7/h1,4-5,7H,2-3H2,(H2,12,13)(H,15,16). The summed E-state index contributed by atoms with van der Waals surface area (Å²) in [5.74, 6) is -0.456. The molecule has 0 unspecified atom stereocenters. The molecule has 1 aromatic heterocycles. The third kappa shape index (κ3) is 1.25.